The van der Waals surface area contributed by atoms with Crippen LogP contribution >= 0.6 is 19.7 Å². The third kappa shape index (κ3) is 4.49. The van der Waals surface area contributed by atoms with Crippen molar-refractivity contribution in [2.45, 2.75) is 6.92 Å². The van der Waals surface area contributed by atoms with Crippen LogP contribution in [0, 0.1) is 0 Å². The Morgan fingerprint density at radius 2 is 1.32 bits per heavy atom. The van der Waals surface area contributed by atoms with Crippen molar-refractivity contribution < 1.29 is 14.3 Å². The Morgan fingerprint density at radius 1 is 0.909 bits per heavy atom. The molecule has 0 radical (unpaired) electrons. The maximum atomic E-state index is 11.3. The largest absolute Gasteiger partial charge is 0.497 e. The van der Waals surface area contributed by atoms with Gasteiger partial charge in [-0.15, -0.1) is 0 Å². The van der Waals surface area contributed by atoms with Crippen LogP contribution in [0.3, 0.4) is 0 Å². The fourth-order valence-corrected chi connectivity index (χ4v) is 5.73. The van der Waals surface area contributed by atoms with E-state index in [9.17, 15) is 4.79 Å². The number of benzene rings is 2. The van der Waals surface area contributed by atoms with Crippen LogP contribution in [0.15, 0.2) is 48.5 Å². The van der Waals surface area contributed by atoms with Crippen molar-refractivity contribution >= 4 is 35.4 Å². The summed E-state index contributed by atoms with van der Waals surface area (Å²) in [5, 5.41) is 2.61. The van der Waals surface area contributed by atoms with Crippen molar-refractivity contribution in [2.24, 2.45) is 0 Å². The third-order valence-electron chi connectivity index (χ3n) is 3.17. The molecule has 0 amide bonds. The Bertz CT molecular complexity index is 563. The van der Waals surface area contributed by atoms with Crippen LogP contribution in [0.4, 0.5) is 0 Å². The van der Waals surface area contributed by atoms with E-state index in [-0.39, 0.29) is 5.12 Å². The van der Waals surface area contributed by atoms with Gasteiger partial charge in [-0.2, -0.15) is 0 Å². The summed E-state index contributed by atoms with van der Waals surface area (Å²) in [7, 11) is 2.73. The SMILES string of the molecule is COc1ccc(P(CSC(C)=O)c2ccc(OC)cc2)cc1. The van der Waals surface area contributed by atoms with E-state index in [1.807, 2.05) is 24.3 Å². The van der Waals surface area contributed by atoms with Gasteiger partial charge in [0.25, 0.3) is 0 Å². The summed E-state index contributed by atoms with van der Waals surface area (Å²) in [4.78, 5) is 11.3. The molecule has 0 saturated heterocycles. The highest BCUT2D eigenvalue weighted by atomic mass is 32.2. The van der Waals surface area contributed by atoms with Crippen LogP contribution in [0.25, 0.3) is 0 Å². The summed E-state index contributed by atoms with van der Waals surface area (Å²) < 4.78 is 10.4. The number of carbonyl (C=O) groups is 1. The van der Waals surface area contributed by atoms with Crippen molar-refractivity contribution in [2.75, 3.05) is 19.7 Å². The molecule has 0 spiro atoms. The third-order valence-corrected chi connectivity index (χ3v) is 6.96. The number of carbonyl (C=O) groups excluding carboxylic acids is 1. The van der Waals surface area contributed by atoms with Crippen molar-refractivity contribution in [3.8, 4) is 11.5 Å². The smallest absolute Gasteiger partial charge is 0.186 e. The maximum Gasteiger partial charge on any atom is 0.186 e. The Hall–Kier alpha value is -1.51. The molecule has 116 valence electrons. The number of hydrogen-bond acceptors (Lipinski definition) is 4. The summed E-state index contributed by atoms with van der Waals surface area (Å²) in [6.07, 6.45) is 0. The predicted molar refractivity (Wildman–Crippen MR) is 95.3 cm³/mol. The molecule has 0 aliphatic heterocycles. The first-order chi connectivity index (χ1) is 10.6. The van der Waals surface area contributed by atoms with E-state index in [1.165, 1.54) is 22.4 Å². The first-order valence-corrected chi connectivity index (χ1v) is 9.34. The molecule has 0 saturated carbocycles. The number of rotatable bonds is 6. The second-order valence-electron chi connectivity index (χ2n) is 4.59. The standard InChI is InChI=1S/C17H19O3PS/c1-13(18)22-12-21(16-8-4-14(19-2)5-9-16)17-10-6-15(20-3)7-11-17/h4-11H,12H2,1-3H3. The zero-order valence-electron chi connectivity index (χ0n) is 12.9. The average Bonchev–Trinajstić information content (AvgIpc) is 2.56. The normalized spacial score (nSPS) is 10.5. The summed E-state index contributed by atoms with van der Waals surface area (Å²) in [5.41, 5.74) is 0.781. The van der Waals surface area contributed by atoms with E-state index in [1.54, 1.807) is 21.1 Å². The number of thioether (sulfide) groups is 1. The van der Waals surface area contributed by atoms with Crippen molar-refractivity contribution in [1.29, 1.82) is 0 Å². The van der Waals surface area contributed by atoms with E-state index in [0.717, 1.165) is 17.0 Å². The Morgan fingerprint density at radius 3 is 1.64 bits per heavy atom. The molecule has 2 rings (SSSR count). The first kappa shape index (κ1) is 16.9. The molecule has 0 unspecified atom stereocenters. The molecule has 22 heavy (non-hydrogen) atoms. The first-order valence-electron chi connectivity index (χ1n) is 6.83. The van der Waals surface area contributed by atoms with Crippen molar-refractivity contribution in [3.05, 3.63) is 48.5 Å². The number of hydrogen-bond donors (Lipinski definition) is 0. The highest BCUT2D eigenvalue weighted by molar-refractivity contribution is 8.18. The molecule has 0 atom stereocenters. The second-order valence-corrected chi connectivity index (χ2v) is 8.37. The molecule has 0 aliphatic carbocycles. The highest BCUT2D eigenvalue weighted by Gasteiger charge is 2.15. The minimum Gasteiger partial charge on any atom is -0.497 e. The monoisotopic (exact) mass is 334 g/mol. The zero-order chi connectivity index (χ0) is 15.9. The van der Waals surface area contributed by atoms with Crippen molar-refractivity contribution in [3.63, 3.8) is 0 Å². The van der Waals surface area contributed by atoms with Gasteiger partial charge in [-0.1, -0.05) is 36.0 Å². The second kappa shape index (κ2) is 8.21. The van der Waals surface area contributed by atoms with Gasteiger partial charge in [-0.3, -0.25) is 4.79 Å². The summed E-state index contributed by atoms with van der Waals surface area (Å²) in [5.74, 6) is 1.68. The Kier molecular flexibility index (Phi) is 6.29. The molecule has 5 heteroatoms. The van der Waals surface area contributed by atoms with Gasteiger partial charge in [0.2, 0.25) is 0 Å². The topological polar surface area (TPSA) is 35.5 Å². The van der Waals surface area contributed by atoms with Gasteiger partial charge < -0.3 is 9.47 Å². The van der Waals surface area contributed by atoms with Crippen LogP contribution in [0.2, 0.25) is 0 Å². The van der Waals surface area contributed by atoms with E-state index >= 15 is 0 Å². The fourth-order valence-electron chi connectivity index (χ4n) is 1.98. The van der Waals surface area contributed by atoms with Crippen LogP contribution in [-0.4, -0.2) is 24.8 Å². The van der Waals surface area contributed by atoms with Gasteiger partial charge in [0.15, 0.2) is 5.12 Å². The molecular formula is C17H19O3PS. The van der Waals surface area contributed by atoms with Crippen LogP contribution in [-0.2, 0) is 4.79 Å². The van der Waals surface area contributed by atoms with E-state index < -0.39 is 7.92 Å². The molecular weight excluding hydrogens is 315 g/mol. The molecule has 0 heterocycles. The quantitative estimate of drug-likeness (QED) is 0.759. The van der Waals surface area contributed by atoms with Gasteiger partial charge >= 0.3 is 0 Å². The van der Waals surface area contributed by atoms with E-state index in [0.29, 0.717) is 0 Å². The minimum absolute atomic E-state index is 0.148. The Balaban J connectivity index is 2.29. The minimum atomic E-state index is -0.587. The fraction of sp³-hybridized carbons (Fsp3) is 0.235. The van der Waals surface area contributed by atoms with Gasteiger partial charge in [-0.05, 0) is 42.8 Å². The van der Waals surface area contributed by atoms with Crippen LogP contribution in [0.1, 0.15) is 6.92 Å². The summed E-state index contributed by atoms with van der Waals surface area (Å²) >= 11 is 1.38. The number of ether oxygens (including phenoxy) is 2. The van der Waals surface area contributed by atoms with Gasteiger partial charge in [-0.25, -0.2) is 0 Å². The molecule has 2 aromatic rings. The van der Waals surface area contributed by atoms with E-state index in [2.05, 4.69) is 24.3 Å². The maximum absolute atomic E-state index is 11.3. The molecule has 0 aromatic heterocycles. The average molecular weight is 334 g/mol. The molecule has 0 bridgehead atoms. The molecule has 0 N–H and O–H groups in total. The van der Waals surface area contributed by atoms with Crippen molar-refractivity contribution in [1.82, 2.24) is 0 Å². The summed E-state index contributed by atoms with van der Waals surface area (Å²) in [6, 6.07) is 16.2. The zero-order valence-corrected chi connectivity index (χ0v) is 14.6. The lowest BCUT2D eigenvalue weighted by atomic mass is 10.3. The van der Waals surface area contributed by atoms with E-state index in [4.69, 9.17) is 9.47 Å². The molecule has 3 nitrogen and oxygen atoms in total. The highest BCUT2D eigenvalue weighted by Crippen LogP contribution is 2.38. The lowest BCUT2D eigenvalue weighted by Gasteiger charge is -2.18. The van der Waals surface area contributed by atoms with Crippen LogP contribution in [0.5, 0.6) is 11.5 Å². The lowest BCUT2D eigenvalue weighted by molar-refractivity contribution is -0.109. The molecule has 0 fully saturated rings. The Labute approximate surface area is 136 Å². The number of methoxy groups -OCH3 is 2. The predicted octanol–water partition coefficient (Wildman–Crippen LogP) is 3.37. The summed E-state index contributed by atoms with van der Waals surface area (Å²) in [6.45, 7) is 1.61. The molecule has 2 aromatic carbocycles. The molecule has 0 aliphatic rings. The van der Waals surface area contributed by atoms with Gasteiger partial charge in [0, 0.05) is 12.4 Å². The van der Waals surface area contributed by atoms with Gasteiger partial charge in [0.1, 0.15) is 11.5 Å². The lowest BCUT2D eigenvalue weighted by Crippen LogP contribution is -2.13. The van der Waals surface area contributed by atoms with Gasteiger partial charge in [0.05, 0.1) is 14.2 Å². The van der Waals surface area contributed by atoms with Crippen LogP contribution < -0.4 is 20.1 Å².